The molecule has 0 bridgehead atoms. The summed E-state index contributed by atoms with van der Waals surface area (Å²) in [7, 11) is 0. The molecule has 260 valence electrons. The minimum atomic E-state index is -0.0781. The summed E-state index contributed by atoms with van der Waals surface area (Å²) in [6, 6.07) is 64.3. The van der Waals surface area contributed by atoms with Crippen LogP contribution in [0, 0.1) is 0 Å². The van der Waals surface area contributed by atoms with Crippen molar-refractivity contribution in [2.45, 2.75) is 18.8 Å². The van der Waals surface area contributed by atoms with E-state index < -0.39 is 0 Å². The average molecular weight is 704 g/mol. The Balaban J connectivity index is 1.03. The van der Waals surface area contributed by atoms with Gasteiger partial charge >= 0.3 is 0 Å². The quantitative estimate of drug-likeness (QED) is 0.173. The highest BCUT2D eigenvalue weighted by Crippen LogP contribution is 2.54. The first-order chi connectivity index (χ1) is 27.1. The molecule has 1 unspecified atom stereocenters. The zero-order valence-electron chi connectivity index (χ0n) is 30.5. The van der Waals surface area contributed by atoms with Gasteiger partial charge < -0.3 is 0 Å². The molecule has 55 heavy (non-hydrogen) atoms. The van der Waals surface area contributed by atoms with Crippen LogP contribution in [0.3, 0.4) is 0 Å². The lowest BCUT2D eigenvalue weighted by Gasteiger charge is -2.41. The van der Waals surface area contributed by atoms with Gasteiger partial charge in [-0.3, -0.25) is 0 Å². The Morgan fingerprint density at radius 1 is 0.382 bits per heavy atom. The fourth-order valence-corrected chi connectivity index (χ4v) is 8.32. The van der Waals surface area contributed by atoms with Crippen molar-refractivity contribution in [2.75, 3.05) is 0 Å². The summed E-state index contributed by atoms with van der Waals surface area (Å²) in [6.45, 7) is 2.40. The van der Waals surface area contributed by atoms with E-state index in [4.69, 9.17) is 15.0 Å². The predicted octanol–water partition coefficient (Wildman–Crippen LogP) is 13.0. The molecular formula is C52H37N3. The van der Waals surface area contributed by atoms with Gasteiger partial charge in [-0.15, -0.1) is 0 Å². The summed E-state index contributed by atoms with van der Waals surface area (Å²) < 4.78 is 0. The first-order valence-corrected chi connectivity index (χ1v) is 18.9. The van der Waals surface area contributed by atoms with Gasteiger partial charge in [0.2, 0.25) is 0 Å². The first kappa shape index (κ1) is 32.7. The van der Waals surface area contributed by atoms with Crippen LogP contribution >= 0.6 is 0 Å². The van der Waals surface area contributed by atoms with Crippen LogP contribution in [0.1, 0.15) is 30.0 Å². The molecule has 0 radical (unpaired) electrons. The van der Waals surface area contributed by atoms with E-state index in [0.717, 1.165) is 45.4 Å². The lowest BCUT2D eigenvalue weighted by Crippen LogP contribution is -2.29. The van der Waals surface area contributed by atoms with Gasteiger partial charge in [0.15, 0.2) is 17.5 Å². The molecule has 10 rings (SSSR count). The molecule has 0 aliphatic heterocycles. The van der Waals surface area contributed by atoms with E-state index in [0.29, 0.717) is 17.5 Å². The van der Waals surface area contributed by atoms with Crippen LogP contribution in [0.25, 0.3) is 78.7 Å². The zero-order valence-corrected chi connectivity index (χ0v) is 30.5. The third-order valence-corrected chi connectivity index (χ3v) is 11.2. The SMILES string of the molecule is CC12CC=C(c3cccc(-c4cccc(-c5nc(-c6ccccc6)nc(-c6cccc(-c7ccccc7)c6)n5)c4)c3)C=C1c1ccccc1-c1ccccc12. The van der Waals surface area contributed by atoms with E-state index in [1.54, 1.807) is 0 Å². The fraction of sp³-hybridized carbons (Fsp3) is 0.0577. The Morgan fingerprint density at radius 3 is 1.45 bits per heavy atom. The highest BCUT2D eigenvalue weighted by molar-refractivity contribution is 5.99. The van der Waals surface area contributed by atoms with E-state index in [1.165, 1.54) is 39.0 Å². The van der Waals surface area contributed by atoms with Gasteiger partial charge in [0.1, 0.15) is 0 Å². The van der Waals surface area contributed by atoms with Gasteiger partial charge in [0.25, 0.3) is 0 Å². The fourth-order valence-electron chi connectivity index (χ4n) is 8.32. The van der Waals surface area contributed by atoms with Gasteiger partial charge in [-0.1, -0.05) is 177 Å². The molecule has 0 amide bonds. The maximum Gasteiger partial charge on any atom is 0.164 e. The van der Waals surface area contributed by atoms with Crippen molar-refractivity contribution < 1.29 is 0 Å². The Kier molecular flexibility index (Phi) is 8.00. The molecule has 1 aromatic heterocycles. The lowest BCUT2D eigenvalue weighted by atomic mass is 9.62. The first-order valence-electron chi connectivity index (χ1n) is 18.9. The second-order valence-corrected chi connectivity index (χ2v) is 14.6. The second kappa shape index (κ2) is 13.5. The highest BCUT2D eigenvalue weighted by Gasteiger charge is 2.39. The maximum atomic E-state index is 5.10. The molecule has 0 fully saturated rings. The number of hydrogen-bond acceptors (Lipinski definition) is 3. The second-order valence-electron chi connectivity index (χ2n) is 14.6. The molecule has 3 nitrogen and oxygen atoms in total. The van der Waals surface area contributed by atoms with Crippen LogP contribution in [-0.4, -0.2) is 15.0 Å². The normalized spacial score (nSPS) is 15.6. The predicted molar refractivity (Wildman–Crippen MR) is 227 cm³/mol. The van der Waals surface area contributed by atoms with Crippen LogP contribution in [0.15, 0.2) is 194 Å². The number of hydrogen-bond donors (Lipinski definition) is 0. The molecule has 0 saturated carbocycles. The molecule has 0 N–H and O–H groups in total. The van der Waals surface area contributed by atoms with Crippen molar-refractivity contribution in [3.05, 3.63) is 211 Å². The number of nitrogens with zero attached hydrogens (tertiary/aromatic N) is 3. The zero-order chi connectivity index (χ0) is 36.8. The van der Waals surface area contributed by atoms with E-state index in [-0.39, 0.29) is 5.41 Å². The Labute approximate surface area is 322 Å². The summed E-state index contributed by atoms with van der Waals surface area (Å²) in [5, 5.41) is 0. The molecule has 3 heteroatoms. The van der Waals surface area contributed by atoms with Crippen LogP contribution < -0.4 is 0 Å². The van der Waals surface area contributed by atoms with Crippen molar-refractivity contribution in [1.82, 2.24) is 15.0 Å². The molecule has 0 saturated heterocycles. The standard InChI is InChI=1S/C52H37N3/c1-52-30-29-41(34-48(52)46-27-9-8-25-44(46)45-26-10-11-28-47(45)52)39-21-12-20-38(31-39)40-22-14-24-43(33-40)51-54-49(36-17-6-3-7-18-36)53-50(55-51)42-23-13-19-37(32-42)35-15-4-2-5-16-35/h2-29,31-34H,30H2,1H3. The van der Waals surface area contributed by atoms with Gasteiger partial charge in [0.05, 0.1) is 0 Å². The van der Waals surface area contributed by atoms with Crippen molar-refractivity contribution in [1.29, 1.82) is 0 Å². The van der Waals surface area contributed by atoms with Crippen molar-refractivity contribution in [3.63, 3.8) is 0 Å². The van der Waals surface area contributed by atoms with Gasteiger partial charge in [0, 0.05) is 22.1 Å². The summed E-state index contributed by atoms with van der Waals surface area (Å²) in [4.78, 5) is 15.2. The van der Waals surface area contributed by atoms with Gasteiger partial charge in [-0.2, -0.15) is 0 Å². The Bertz CT molecular complexity index is 2800. The highest BCUT2D eigenvalue weighted by atomic mass is 15.0. The summed E-state index contributed by atoms with van der Waals surface area (Å²) in [5.74, 6) is 1.93. The largest absolute Gasteiger partial charge is 0.208 e. The smallest absolute Gasteiger partial charge is 0.164 e. The van der Waals surface area contributed by atoms with Crippen molar-refractivity contribution >= 4 is 11.1 Å². The number of allylic oxidation sites excluding steroid dienone is 4. The third-order valence-electron chi connectivity index (χ3n) is 11.2. The third kappa shape index (κ3) is 5.91. The number of benzene rings is 7. The number of rotatable bonds is 6. The minimum Gasteiger partial charge on any atom is -0.208 e. The molecule has 8 aromatic rings. The maximum absolute atomic E-state index is 5.10. The Morgan fingerprint density at radius 2 is 0.818 bits per heavy atom. The lowest BCUT2D eigenvalue weighted by molar-refractivity contribution is 0.619. The number of aromatic nitrogens is 3. The van der Waals surface area contributed by atoms with Crippen molar-refractivity contribution in [3.8, 4) is 67.5 Å². The molecule has 2 aliphatic rings. The van der Waals surface area contributed by atoms with E-state index in [2.05, 4.69) is 165 Å². The summed E-state index contributed by atoms with van der Waals surface area (Å²) in [6.07, 6.45) is 5.80. The molecule has 1 heterocycles. The van der Waals surface area contributed by atoms with Gasteiger partial charge in [-0.05, 0) is 91.9 Å². The van der Waals surface area contributed by atoms with E-state index in [1.807, 2.05) is 36.4 Å². The van der Waals surface area contributed by atoms with Crippen LogP contribution in [0.2, 0.25) is 0 Å². The van der Waals surface area contributed by atoms with Crippen LogP contribution in [0.5, 0.6) is 0 Å². The van der Waals surface area contributed by atoms with Crippen LogP contribution in [-0.2, 0) is 5.41 Å². The number of fused-ring (bicyclic) bond motifs is 6. The molecule has 2 aliphatic carbocycles. The minimum absolute atomic E-state index is 0.0781. The van der Waals surface area contributed by atoms with E-state index >= 15 is 0 Å². The van der Waals surface area contributed by atoms with E-state index in [9.17, 15) is 0 Å². The molecule has 0 spiro atoms. The monoisotopic (exact) mass is 703 g/mol. The average Bonchev–Trinajstić information content (AvgIpc) is 3.27. The topological polar surface area (TPSA) is 38.7 Å². The van der Waals surface area contributed by atoms with Crippen molar-refractivity contribution in [2.24, 2.45) is 0 Å². The Hall–Kier alpha value is -6.97. The molecular weight excluding hydrogens is 667 g/mol. The van der Waals surface area contributed by atoms with Crippen LogP contribution in [0.4, 0.5) is 0 Å². The summed E-state index contributed by atoms with van der Waals surface area (Å²) in [5.41, 5.74) is 16.5. The van der Waals surface area contributed by atoms with Gasteiger partial charge in [-0.25, -0.2) is 15.0 Å². The summed E-state index contributed by atoms with van der Waals surface area (Å²) >= 11 is 0. The molecule has 7 aromatic carbocycles. The molecule has 1 atom stereocenters.